The van der Waals surface area contributed by atoms with Crippen LogP contribution in [0.25, 0.3) is 11.1 Å². The molecule has 12 heteroatoms. The molecule has 3 fully saturated rings. The molecule has 1 amide bonds. The largest absolute Gasteiger partial charge is 0.392 e. The van der Waals surface area contributed by atoms with Crippen LogP contribution in [0.15, 0.2) is 132 Å². The van der Waals surface area contributed by atoms with Crippen molar-refractivity contribution < 1.29 is 37.3 Å². The predicted molar refractivity (Wildman–Crippen MR) is 232 cm³/mol. The Labute approximate surface area is 359 Å². The molecule has 0 saturated carbocycles. The number of benzene rings is 5. The Bertz CT molecular complexity index is 2330. The Morgan fingerprint density at radius 3 is 2.15 bits per heavy atom. The van der Waals surface area contributed by atoms with E-state index in [4.69, 9.17) is 18.9 Å². The van der Waals surface area contributed by atoms with Gasteiger partial charge in [0.2, 0.25) is 15.9 Å². The number of aliphatic hydroxyl groups is 1. The van der Waals surface area contributed by atoms with Crippen molar-refractivity contribution in [3.63, 3.8) is 0 Å². The van der Waals surface area contributed by atoms with Gasteiger partial charge in [0.25, 0.3) is 0 Å². The quantitative estimate of drug-likeness (QED) is 0.108. The van der Waals surface area contributed by atoms with Crippen molar-refractivity contribution in [2.75, 3.05) is 32.8 Å². The topological polar surface area (TPSA) is 136 Å². The van der Waals surface area contributed by atoms with E-state index in [1.807, 2.05) is 97.9 Å². The molecule has 320 valence electrons. The van der Waals surface area contributed by atoms with E-state index in [-0.39, 0.29) is 42.6 Å². The highest BCUT2D eigenvalue weighted by Gasteiger charge is 2.43. The number of nitrogens with zero attached hydrogens (tertiary/aromatic N) is 1. The lowest BCUT2D eigenvalue weighted by molar-refractivity contribution is -0.278. The van der Waals surface area contributed by atoms with Crippen LogP contribution in [0.4, 0.5) is 0 Å². The van der Waals surface area contributed by atoms with E-state index in [0.29, 0.717) is 13.2 Å². The third kappa shape index (κ3) is 10.5. The van der Waals surface area contributed by atoms with Crippen LogP contribution in [-0.4, -0.2) is 75.1 Å². The number of aliphatic hydroxyl groups excluding tert-OH is 1. The zero-order valence-corrected chi connectivity index (χ0v) is 35.6. The Morgan fingerprint density at radius 2 is 1.46 bits per heavy atom. The van der Waals surface area contributed by atoms with Crippen LogP contribution in [-0.2, 0) is 53.3 Å². The molecule has 0 bridgehead atoms. The van der Waals surface area contributed by atoms with Crippen LogP contribution in [0.2, 0.25) is 0 Å². The second kappa shape index (κ2) is 19.1. The summed E-state index contributed by atoms with van der Waals surface area (Å²) >= 11 is 0. The molecule has 0 radical (unpaired) electrons. The van der Waals surface area contributed by atoms with E-state index in [0.717, 1.165) is 77.0 Å². The summed E-state index contributed by atoms with van der Waals surface area (Å²) in [6, 6.07) is 39.0. The van der Waals surface area contributed by atoms with Crippen LogP contribution < -0.4 is 10.0 Å². The third-order valence-electron chi connectivity index (χ3n) is 12.1. The molecule has 11 nitrogen and oxygen atoms in total. The van der Waals surface area contributed by atoms with E-state index >= 15 is 0 Å². The summed E-state index contributed by atoms with van der Waals surface area (Å²) in [6.07, 6.45) is 0.950. The SMILES string of the molecule is Cc1ccc(S(=O)(=O)NC(Cc2ccccc2)C(=O)NCc2cccc(-c3ccc(C4OC(CN5CCC6(CC5)OCCO6)C(C)C(c5ccc(CO)cc5)O4)cc3)c2)cc1. The number of sulfonamides is 1. The van der Waals surface area contributed by atoms with Gasteiger partial charge >= 0.3 is 0 Å². The zero-order valence-electron chi connectivity index (χ0n) is 34.7. The van der Waals surface area contributed by atoms with Gasteiger partial charge in [-0.1, -0.05) is 122 Å². The van der Waals surface area contributed by atoms with Gasteiger partial charge in [-0.05, 0) is 64.9 Å². The van der Waals surface area contributed by atoms with E-state index < -0.39 is 34.0 Å². The standard InChI is InChI=1S/C49H55N3O8S/c1-34-11-21-43(22-12-34)61(55,56)51-44(30-36-7-4-3-5-8-36)47(54)50-31-38-9-6-10-42(29-38)39-17-19-41(20-18-39)48-59-45(32-52-25-23-49(24-26-52)57-27-28-58-49)35(2)46(60-48)40-15-13-37(33-53)14-16-40/h3-22,29,35,44-46,48,51,53H,23-28,30-33H2,1-2H3,(H,50,54). The molecule has 5 aromatic carbocycles. The number of piperidine rings is 1. The lowest BCUT2D eigenvalue weighted by Gasteiger charge is -2.44. The fourth-order valence-electron chi connectivity index (χ4n) is 8.46. The van der Waals surface area contributed by atoms with E-state index in [2.05, 4.69) is 34.0 Å². The molecule has 0 aliphatic carbocycles. The Kier molecular flexibility index (Phi) is 13.4. The maximum atomic E-state index is 13.7. The fraction of sp³-hybridized carbons (Fsp3) is 0.367. The number of hydrogen-bond acceptors (Lipinski definition) is 9. The first-order valence-corrected chi connectivity index (χ1v) is 22.7. The lowest BCUT2D eigenvalue weighted by Crippen LogP contribution is -2.50. The van der Waals surface area contributed by atoms with Crippen LogP contribution >= 0.6 is 0 Å². The van der Waals surface area contributed by atoms with Gasteiger partial charge in [-0.25, -0.2) is 8.42 Å². The van der Waals surface area contributed by atoms with Gasteiger partial charge in [0.15, 0.2) is 12.1 Å². The number of carbonyl (C=O) groups excluding carboxylic acids is 1. The lowest BCUT2D eigenvalue weighted by atomic mass is 9.89. The third-order valence-corrected chi connectivity index (χ3v) is 13.6. The van der Waals surface area contributed by atoms with Crippen LogP contribution in [0.1, 0.15) is 65.5 Å². The average Bonchev–Trinajstić information content (AvgIpc) is 3.75. The minimum atomic E-state index is -3.96. The maximum absolute atomic E-state index is 13.7. The molecular formula is C49H55N3O8S. The molecule has 5 atom stereocenters. The number of nitrogens with one attached hydrogen (secondary N) is 2. The highest BCUT2D eigenvalue weighted by atomic mass is 32.2. The maximum Gasteiger partial charge on any atom is 0.241 e. The molecule has 8 rings (SSSR count). The van der Waals surface area contributed by atoms with Gasteiger partial charge in [0, 0.05) is 50.5 Å². The Balaban J connectivity index is 0.949. The number of rotatable bonds is 14. The molecule has 3 heterocycles. The van der Waals surface area contributed by atoms with E-state index in [1.54, 1.807) is 24.3 Å². The summed E-state index contributed by atoms with van der Waals surface area (Å²) in [5.41, 5.74) is 7.41. The highest BCUT2D eigenvalue weighted by molar-refractivity contribution is 7.89. The smallest absolute Gasteiger partial charge is 0.241 e. The zero-order chi connectivity index (χ0) is 42.4. The van der Waals surface area contributed by atoms with E-state index in [9.17, 15) is 18.3 Å². The normalized spacial score (nSPS) is 22.2. The first-order chi connectivity index (χ1) is 29.6. The Hall–Kier alpha value is -4.76. The summed E-state index contributed by atoms with van der Waals surface area (Å²) in [5, 5.41) is 12.7. The number of likely N-dealkylation sites (tertiary alicyclic amines) is 1. The molecule has 3 saturated heterocycles. The van der Waals surface area contributed by atoms with Crippen LogP contribution in [0.5, 0.6) is 0 Å². The minimum Gasteiger partial charge on any atom is -0.392 e. The monoisotopic (exact) mass is 845 g/mol. The number of aryl methyl sites for hydroxylation is 1. The predicted octanol–water partition coefficient (Wildman–Crippen LogP) is 6.99. The van der Waals surface area contributed by atoms with Gasteiger partial charge in [-0.15, -0.1) is 0 Å². The molecule has 5 unspecified atom stereocenters. The molecule has 3 aliphatic rings. The van der Waals surface area contributed by atoms with Crippen molar-refractivity contribution in [2.24, 2.45) is 5.92 Å². The number of carbonyl (C=O) groups is 1. The van der Waals surface area contributed by atoms with Crippen molar-refractivity contribution >= 4 is 15.9 Å². The van der Waals surface area contributed by atoms with Gasteiger partial charge in [-0.3, -0.25) is 4.79 Å². The Morgan fingerprint density at radius 1 is 0.787 bits per heavy atom. The van der Waals surface area contributed by atoms with Crippen molar-refractivity contribution in [1.29, 1.82) is 0 Å². The second-order valence-electron chi connectivity index (χ2n) is 16.4. The first kappa shape index (κ1) is 42.9. The molecule has 3 aliphatic heterocycles. The van der Waals surface area contributed by atoms with Gasteiger partial charge < -0.3 is 34.3 Å². The van der Waals surface area contributed by atoms with Gasteiger partial charge in [0.1, 0.15) is 6.04 Å². The van der Waals surface area contributed by atoms with Crippen molar-refractivity contribution in [3.05, 3.63) is 161 Å². The molecule has 3 N–H and O–H groups in total. The van der Waals surface area contributed by atoms with Crippen molar-refractivity contribution in [1.82, 2.24) is 14.9 Å². The first-order valence-electron chi connectivity index (χ1n) is 21.2. The summed E-state index contributed by atoms with van der Waals surface area (Å²) in [4.78, 5) is 16.2. The summed E-state index contributed by atoms with van der Waals surface area (Å²) in [5.74, 6) is -0.794. The number of ether oxygens (including phenoxy) is 4. The minimum absolute atomic E-state index is 0.0163. The summed E-state index contributed by atoms with van der Waals surface area (Å²) < 4.78 is 54.9. The fourth-order valence-corrected chi connectivity index (χ4v) is 9.66. The van der Waals surface area contributed by atoms with Gasteiger partial charge in [0.05, 0.1) is 36.9 Å². The molecule has 1 spiro atoms. The molecular weight excluding hydrogens is 791 g/mol. The van der Waals surface area contributed by atoms with Crippen LogP contribution in [0.3, 0.4) is 0 Å². The van der Waals surface area contributed by atoms with Crippen LogP contribution in [0, 0.1) is 12.8 Å². The highest BCUT2D eigenvalue weighted by Crippen LogP contribution is 2.43. The van der Waals surface area contributed by atoms with E-state index in [1.165, 1.54) is 0 Å². The van der Waals surface area contributed by atoms with Crippen molar-refractivity contribution in [2.45, 2.75) is 81.5 Å². The summed E-state index contributed by atoms with van der Waals surface area (Å²) in [7, 11) is -3.96. The second-order valence-corrected chi connectivity index (χ2v) is 18.2. The molecule has 5 aromatic rings. The van der Waals surface area contributed by atoms with Crippen molar-refractivity contribution in [3.8, 4) is 11.1 Å². The summed E-state index contributed by atoms with van der Waals surface area (Å²) in [6.45, 7) is 8.07. The average molecular weight is 846 g/mol. The molecule has 0 aromatic heterocycles. The number of amides is 1. The van der Waals surface area contributed by atoms with Gasteiger partial charge in [-0.2, -0.15) is 4.72 Å². The molecule has 61 heavy (non-hydrogen) atoms. The number of hydrogen-bond donors (Lipinski definition) is 3.